The highest BCUT2D eigenvalue weighted by Gasteiger charge is 2.35. The smallest absolute Gasteiger partial charge is 0.320 e. The van der Waals surface area contributed by atoms with E-state index in [0.717, 1.165) is 0 Å². The van der Waals surface area contributed by atoms with Crippen LogP contribution in [0.2, 0.25) is 0 Å². The van der Waals surface area contributed by atoms with Crippen molar-refractivity contribution in [2.45, 2.75) is 27.7 Å². The minimum atomic E-state index is -0.682. The molecule has 0 radical (unpaired) electrons. The molecule has 0 aromatic rings. The molecule has 0 aliphatic heterocycles. The molecule has 0 N–H and O–H groups in total. The molecular formula is C10H16Br2O3. The molecule has 0 heterocycles. The summed E-state index contributed by atoms with van der Waals surface area (Å²) < 4.78 is 4.82. The van der Waals surface area contributed by atoms with E-state index in [1.165, 1.54) is 0 Å². The van der Waals surface area contributed by atoms with Gasteiger partial charge in [-0.25, -0.2) is 0 Å². The zero-order valence-corrected chi connectivity index (χ0v) is 12.6. The van der Waals surface area contributed by atoms with Gasteiger partial charge in [-0.2, -0.15) is 0 Å². The first-order valence-corrected chi connectivity index (χ1v) is 6.80. The third-order valence-electron chi connectivity index (χ3n) is 1.96. The van der Waals surface area contributed by atoms with Crippen LogP contribution in [0.1, 0.15) is 27.7 Å². The van der Waals surface area contributed by atoms with Crippen LogP contribution in [0.4, 0.5) is 0 Å². The minimum Gasteiger partial charge on any atom is -0.392 e. The van der Waals surface area contributed by atoms with Gasteiger partial charge in [0.15, 0.2) is 0 Å². The Morgan fingerprint density at radius 1 is 0.933 bits per heavy atom. The van der Waals surface area contributed by atoms with Gasteiger partial charge in [0.2, 0.25) is 0 Å². The van der Waals surface area contributed by atoms with Crippen LogP contribution in [0.3, 0.4) is 0 Å². The first-order chi connectivity index (χ1) is 6.67. The quantitative estimate of drug-likeness (QED) is 0.448. The van der Waals surface area contributed by atoms with Crippen LogP contribution in [-0.4, -0.2) is 22.6 Å². The molecule has 5 heteroatoms. The van der Waals surface area contributed by atoms with Gasteiger partial charge < -0.3 is 4.74 Å². The number of alkyl halides is 2. The second-order valence-electron chi connectivity index (χ2n) is 4.71. The highest BCUT2D eigenvalue weighted by Crippen LogP contribution is 2.24. The highest BCUT2D eigenvalue weighted by atomic mass is 79.9. The van der Waals surface area contributed by atoms with Crippen molar-refractivity contribution in [1.29, 1.82) is 0 Å². The Bertz CT molecular complexity index is 233. The normalized spacial score (nSPS) is 12.4. The number of halogens is 2. The van der Waals surface area contributed by atoms with E-state index in [4.69, 9.17) is 4.74 Å². The van der Waals surface area contributed by atoms with Crippen LogP contribution >= 0.6 is 31.9 Å². The second kappa shape index (κ2) is 5.43. The van der Waals surface area contributed by atoms with Gasteiger partial charge >= 0.3 is 11.9 Å². The predicted molar refractivity (Wildman–Crippen MR) is 66.2 cm³/mol. The summed E-state index contributed by atoms with van der Waals surface area (Å²) >= 11 is 6.42. The summed E-state index contributed by atoms with van der Waals surface area (Å²) in [7, 11) is 0. The standard InChI is InChI=1S/C10H16Br2O3/c1-9(2,5-11)7(13)15-8(14)10(3,4)6-12/h5-6H2,1-4H3. The summed E-state index contributed by atoms with van der Waals surface area (Å²) in [6, 6.07) is 0. The lowest BCUT2D eigenvalue weighted by molar-refractivity contribution is -0.170. The van der Waals surface area contributed by atoms with E-state index >= 15 is 0 Å². The maximum absolute atomic E-state index is 11.6. The van der Waals surface area contributed by atoms with Crippen molar-refractivity contribution >= 4 is 43.8 Å². The van der Waals surface area contributed by atoms with Gasteiger partial charge in [0, 0.05) is 10.7 Å². The number of hydrogen-bond acceptors (Lipinski definition) is 3. The fraction of sp³-hybridized carbons (Fsp3) is 0.800. The zero-order valence-electron chi connectivity index (χ0n) is 9.39. The molecule has 3 nitrogen and oxygen atoms in total. The highest BCUT2D eigenvalue weighted by molar-refractivity contribution is 9.09. The molecule has 0 saturated heterocycles. The van der Waals surface area contributed by atoms with Gasteiger partial charge in [-0.05, 0) is 27.7 Å². The van der Waals surface area contributed by atoms with Crippen LogP contribution < -0.4 is 0 Å². The van der Waals surface area contributed by atoms with Gasteiger partial charge in [0.05, 0.1) is 10.8 Å². The number of esters is 2. The fourth-order valence-electron chi connectivity index (χ4n) is 0.470. The van der Waals surface area contributed by atoms with Crippen LogP contribution in [0, 0.1) is 10.8 Å². The lowest BCUT2D eigenvalue weighted by Gasteiger charge is -2.23. The number of rotatable bonds is 4. The maximum atomic E-state index is 11.6. The Morgan fingerprint density at radius 2 is 1.20 bits per heavy atom. The second-order valence-corrected chi connectivity index (χ2v) is 5.83. The number of carbonyl (C=O) groups excluding carboxylic acids is 2. The van der Waals surface area contributed by atoms with Crippen LogP contribution in [0.25, 0.3) is 0 Å². The molecule has 0 aromatic heterocycles. The van der Waals surface area contributed by atoms with Crippen molar-refractivity contribution in [3.63, 3.8) is 0 Å². The Labute approximate surface area is 107 Å². The summed E-state index contributed by atoms with van der Waals surface area (Å²) in [5.41, 5.74) is -1.36. The molecule has 88 valence electrons. The van der Waals surface area contributed by atoms with Crippen molar-refractivity contribution in [3.05, 3.63) is 0 Å². The molecule has 0 bridgehead atoms. The average molecular weight is 344 g/mol. The summed E-state index contributed by atoms with van der Waals surface area (Å²) in [6.07, 6.45) is 0. The summed E-state index contributed by atoms with van der Waals surface area (Å²) in [5, 5.41) is 0.918. The Hall–Kier alpha value is 0.1000. The SMILES string of the molecule is CC(C)(CBr)C(=O)OC(=O)C(C)(C)CBr. The largest absolute Gasteiger partial charge is 0.392 e. The van der Waals surface area contributed by atoms with E-state index in [2.05, 4.69) is 31.9 Å². The van der Waals surface area contributed by atoms with Gasteiger partial charge in [-0.3, -0.25) is 9.59 Å². The molecule has 0 unspecified atom stereocenters. The van der Waals surface area contributed by atoms with E-state index in [1.54, 1.807) is 27.7 Å². The molecule has 0 atom stereocenters. The lowest BCUT2D eigenvalue weighted by Crippen LogP contribution is -2.36. The monoisotopic (exact) mass is 342 g/mol. The van der Waals surface area contributed by atoms with Crippen molar-refractivity contribution in [2.24, 2.45) is 10.8 Å². The summed E-state index contributed by atoms with van der Waals surface area (Å²) in [6.45, 7) is 6.88. The van der Waals surface area contributed by atoms with E-state index in [-0.39, 0.29) is 0 Å². The molecule has 0 fully saturated rings. The first kappa shape index (κ1) is 15.1. The topological polar surface area (TPSA) is 43.4 Å². The van der Waals surface area contributed by atoms with Gasteiger partial charge in [-0.1, -0.05) is 31.9 Å². The molecule has 0 spiro atoms. The van der Waals surface area contributed by atoms with E-state index in [0.29, 0.717) is 10.7 Å². The Kier molecular flexibility index (Phi) is 5.47. The van der Waals surface area contributed by atoms with Crippen molar-refractivity contribution < 1.29 is 14.3 Å². The first-order valence-electron chi connectivity index (χ1n) is 4.56. The van der Waals surface area contributed by atoms with Crippen LogP contribution in [0.5, 0.6) is 0 Å². The molecule has 0 saturated carbocycles. The van der Waals surface area contributed by atoms with Crippen molar-refractivity contribution in [3.8, 4) is 0 Å². The third-order valence-corrected chi connectivity index (χ3v) is 4.76. The molecule has 0 aliphatic carbocycles. The lowest BCUT2D eigenvalue weighted by atomic mass is 9.95. The molecular weight excluding hydrogens is 328 g/mol. The molecule has 15 heavy (non-hydrogen) atoms. The van der Waals surface area contributed by atoms with E-state index in [9.17, 15) is 9.59 Å². The van der Waals surface area contributed by atoms with Crippen molar-refractivity contribution in [1.82, 2.24) is 0 Å². The Balaban J connectivity index is 4.51. The van der Waals surface area contributed by atoms with Gasteiger partial charge in [-0.15, -0.1) is 0 Å². The average Bonchev–Trinajstić information content (AvgIpc) is 2.17. The summed E-state index contributed by atoms with van der Waals surface area (Å²) in [4.78, 5) is 23.2. The third kappa shape index (κ3) is 4.23. The summed E-state index contributed by atoms with van der Waals surface area (Å²) in [5.74, 6) is -1.00. The van der Waals surface area contributed by atoms with Crippen molar-refractivity contribution in [2.75, 3.05) is 10.7 Å². The van der Waals surface area contributed by atoms with Gasteiger partial charge in [0.1, 0.15) is 0 Å². The Morgan fingerprint density at radius 3 is 1.40 bits per heavy atom. The minimum absolute atomic E-state index is 0.459. The van der Waals surface area contributed by atoms with Gasteiger partial charge in [0.25, 0.3) is 0 Å². The van der Waals surface area contributed by atoms with Crippen LogP contribution in [-0.2, 0) is 14.3 Å². The number of ether oxygens (including phenoxy) is 1. The molecule has 0 aromatic carbocycles. The molecule has 0 aliphatic rings. The fourth-order valence-corrected chi connectivity index (χ4v) is 0.927. The molecule has 0 rings (SSSR count). The van der Waals surface area contributed by atoms with E-state index in [1.807, 2.05) is 0 Å². The maximum Gasteiger partial charge on any atom is 0.320 e. The zero-order chi connectivity index (χ0) is 12.3. The molecule has 0 amide bonds. The number of carbonyl (C=O) groups is 2. The van der Waals surface area contributed by atoms with Crippen LogP contribution in [0.15, 0.2) is 0 Å². The predicted octanol–water partition coefficient (Wildman–Crippen LogP) is 2.90. The number of hydrogen-bond donors (Lipinski definition) is 0. The van der Waals surface area contributed by atoms with E-state index < -0.39 is 22.8 Å².